The molecule has 0 amide bonds. The third-order valence-corrected chi connectivity index (χ3v) is 7.01. The Hall–Kier alpha value is -3.91. The Morgan fingerprint density at radius 3 is 1.51 bits per heavy atom. The van der Waals surface area contributed by atoms with Crippen LogP contribution in [-0.2, 0) is 16.6 Å². The van der Waals surface area contributed by atoms with E-state index in [9.17, 15) is 4.79 Å². The minimum Gasteiger partial charge on any atom is -0.405 e. The monoisotopic (exact) mass is 459 g/mol. The van der Waals surface area contributed by atoms with Gasteiger partial charge in [-0.2, -0.15) is 0 Å². The smallest absolute Gasteiger partial charge is 0.137 e. The van der Waals surface area contributed by atoms with Gasteiger partial charge in [0, 0.05) is 12.3 Å². The van der Waals surface area contributed by atoms with Gasteiger partial charge in [0.2, 0.25) is 0 Å². The second-order valence-corrected chi connectivity index (χ2v) is 9.13. The zero-order valence-corrected chi connectivity index (χ0v) is 20.3. The van der Waals surface area contributed by atoms with Crippen molar-refractivity contribution in [1.82, 2.24) is 0 Å². The van der Waals surface area contributed by atoms with Crippen molar-refractivity contribution in [3.8, 4) is 0 Å². The van der Waals surface area contributed by atoms with Gasteiger partial charge in [-0.3, -0.25) is 4.79 Å². The quantitative estimate of drug-likeness (QED) is 0.261. The van der Waals surface area contributed by atoms with E-state index in [1.165, 1.54) is 5.56 Å². The highest BCUT2D eigenvalue weighted by Crippen LogP contribution is 2.46. The standard InChI is InChI=1S/C33H33NO/c1-26(32(35)25-28(22-23-34)24-27-14-6-2-7-15-27)33(29-16-8-3-9-17-29,30-18-10-4-11-19-30)31-20-12-5-13-21-31/h2-23,26,28H,24-25,34H2,1H3. The van der Waals surface area contributed by atoms with Crippen LogP contribution in [0.1, 0.15) is 35.6 Å². The van der Waals surface area contributed by atoms with Gasteiger partial charge >= 0.3 is 0 Å². The van der Waals surface area contributed by atoms with Gasteiger partial charge in [0.05, 0.1) is 5.41 Å². The van der Waals surface area contributed by atoms with Crippen LogP contribution < -0.4 is 5.73 Å². The summed E-state index contributed by atoms with van der Waals surface area (Å²) in [5.41, 5.74) is 9.75. The van der Waals surface area contributed by atoms with Crippen LogP contribution in [0.15, 0.2) is 134 Å². The number of allylic oxidation sites excluding steroid dienone is 1. The number of benzene rings is 4. The summed E-state index contributed by atoms with van der Waals surface area (Å²) in [6.07, 6.45) is 4.75. The van der Waals surface area contributed by atoms with Crippen LogP contribution in [-0.4, -0.2) is 5.78 Å². The van der Waals surface area contributed by atoms with Crippen LogP contribution in [0.25, 0.3) is 0 Å². The number of nitrogens with two attached hydrogens (primary N) is 1. The summed E-state index contributed by atoms with van der Waals surface area (Å²) in [7, 11) is 0. The molecule has 35 heavy (non-hydrogen) atoms. The maximum atomic E-state index is 14.1. The summed E-state index contributed by atoms with van der Waals surface area (Å²) >= 11 is 0. The highest BCUT2D eigenvalue weighted by molar-refractivity contribution is 5.85. The van der Waals surface area contributed by atoms with Gasteiger partial charge in [0.25, 0.3) is 0 Å². The number of carbonyl (C=O) groups is 1. The SMILES string of the molecule is CC(C(=O)CC(C=CN)Cc1ccccc1)C(c1ccccc1)(c1ccccc1)c1ccccc1. The number of Topliss-reactive ketones (excluding diaryl/α,β-unsaturated/α-hetero) is 1. The van der Waals surface area contributed by atoms with Gasteiger partial charge in [0.15, 0.2) is 0 Å². The summed E-state index contributed by atoms with van der Waals surface area (Å²) in [6.45, 7) is 2.08. The Morgan fingerprint density at radius 1 is 0.714 bits per heavy atom. The predicted octanol–water partition coefficient (Wildman–Crippen LogP) is 6.95. The van der Waals surface area contributed by atoms with Crippen molar-refractivity contribution >= 4 is 5.78 Å². The topological polar surface area (TPSA) is 43.1 Å². The second-order valence-electron chi connectivity index (χ2n) is 9.13. The van der Waals surface area contributed by atoms with Crippen molar-refractivity contribution in [3.05, 3.63) is 156 Å². The molecule has 2 heteroatoms. The number of carbonyl (C=O) groups excluding carboxylic acids is 1. The van der Waals surface area contributed by atoms with Crippen LogP contribution in [0.3, 0.4) is 0 Å². The van der Waals surface area contributed by atoms with Crippen molar-refractivity contribution in [1.29, 1.82) is 0 Å². The Labute approximate surface area is 209 Å². The molecule has 0 spiro atoms. The largest absolute Gasteiger partial charge is 0.405 e. The Balaban J connectivity index is 1.79. The van der Waals surface area contributed by atoms with E-state index in [1.807, 2.05) is 42.5 Å². The van der Waals surface area contributed by atoms with E-state index in [0.29, 0.717) is 6.42 Å². The molecule has 176 valence electrons. The summed E-state index contributed by atoms with van der Waals surface area (Å²) in [6, 6.07) is 41.6. The lowest BCUT2D eigenvalue weighted by molar-refractivity contribution is -0.124. The van der Waals surface area contributed by atoms with Gasteiger partial charge in [0.1, 0.15) is 5.78 Å². The normalized spacial score (nSPS) is 13.4. The first-order valence-corrected chi connectivity index (χ1v) is 12.3. The summed E-state index contributed by atoms with van der Waals surface area (Å²) in [5.74, 6) is -0.0305. The fourth-order valence-electron chi connectivity index (χ4n) is 5.31. The van der Waals surface area contributed by atoms with E-state index in [2.05, 4.69) is 91.9 Å². The third-order valence-electron chi connectivity index (χ3n) is 7.01. The molecular weight excluding hydrogens is 426 g/mol. The third kappa shape index (κ3) is 5.27. The molecule has 0 aliphatic heterocycles. The van der Waals surface area contributed by atoms with Gasteiger partial charge in [-0.15, -0.1) is 0 Å². The molecule has 2 N–H and O–H groups in total. The highest BCUT2D eigenvalue weighted by Gasteiger charge is 2.44. The molecule has 2 unspecified atom stereocenters. The summed E-state index contributed by atoms with van der Waals surface area (Å²) in [5, 5.41) is 0. The molecule has 0 aromatic heterocycles. The average Bonchev–Trinajstić information content (AvgIpc) is 2.91. The summed E-state index contributed by atoms with van der Waals surface area (Å²) < 4.78 is 0. The van der Waals surface area contributed by atoms with Crippen LogP contribution in [0.4, 0.5) is 0 Å². The summed E-state index contributed by atoms with van der Waals surface area (Å²) in [4.78, 5) is 14.1. The van der Waals surface area contributed by atoms with E-state index in [-0.39, 0.29) is 17.6 Å². The average molecular weight is 460 g/mol. The molecule has 0 heterocycles. The molecule has 0 radical (unpaired) electrons. The maximum absolute atomic E-state index is 14.1. The van der Waals surface area contributed by atoms with Gasteiger partial charge < -0.3 is 5.73 Å². The van der Waals surface area contributed by atoms with Gasteiger partial charge in [-0.05, 0) is 40.8 Å². The lowest BCUT2D eigenvalue weighted by atomic mass is 9.60. The first-order chi connectivity index (χ1) is 17.2. The molecule has 0 fully saturated rings. The minimum absolute atomic E-state index is 0.0392. The molecule has 0 bridgehead atoms. The molecule has 4 aromatic rings. The van der Waals surface area contributed by atoms with E-state index >= 15 is 0 Å². The lowest BCUT2D eigenvalue weighted by Crippen LogP contribution is -2.41. The lowest BCUT2D eigenvalue weighted by Gasteiger charge is -2.41. The van der Waals surface area contributed by atoms with Crippen LogP contribution in [0, 0.1) is 11.8 Å². The fraction of sp³-hybridized carbons (Fsp3) is 0.182. The van der Waals surface area contributed by atoms with Crippen LogP contribution in [0.5, 0.6) is 0 Å². The Bertz CT molecular complexity index is 1120. The zero-order valence-electron chi connectivity index (χ0n) is 20.3. The molecule has 0 aliphatic rings. The van der Waals surface area contributed by atoms with Crippen molar-refractivity contribution in [2.24, 2.45) is 17.6 Å². The van der Waals surface area contributed by atoms with E-state index < -0.39 is 5.41 Å². The maximum Gasteiger partial charge on any atom is 0.137 e. The predicted molar refractivity (Wildman–Crippen MR) is 145 cm³/mol. The Kier molecular flexibility index (Phi) is 7.95. The molecule has 0 saturated heterocycles. The fourth-order valence-corrected chi connectivity index (χ4v) is 5.31. The van der Waals surface area contributed by atoms with Crippen LogP contribution in [0.2, 0.25) is 0 Å². The van der Waals surface area contributed by atoms with Crippen molar-refractivity contribution in [2.45, 2.75) is 25.2 Å². The van der Waals surface area contributed by atoms with Crippen molar-refractivity contribution in [2.75, 3.05) is 0 Å². The van der Waals surface area contributed by atoms with Crippen LogP contribution >= 0.6 is 0 Å². The first kappa shape index (κ1) is 24.2. The van der Waals surface area contributed by atoms with Gasteiger partial charge in [-0.1, -0.05) is 134 Å². The minimum atomic E-state index is -0.607. The first-order valence-electron chi connectivity index (χ1n) is 12.3. The van der Waals surface area contributed by atoms with Gasteiger partial charge in [-0.25, -0.2) is 0 Å². The molecule has 2 nitrogen and oxygen atoms in total. The molecule has 4 aromatic carbocycles. The molecule has 4 rings (SSSR count). The van der Waals surface area contributed by atoms with E-state index in [0.717, 1.165) is 23.1 Å². The highest BCUT2D eigenvalue weighted by atomic mass is 16.1. The zero-order chi connectivity index (χ0) is 24.5. The number of hydrogen-bond acceptors (Lipinski definition) is 2. The Morgan fingerprint density at radius 2 is 1.11 bits per heavy atom. The van der Waals surface area contributed by atoms with E-state index in [4.69, 9.17) is 5.73 Å². The number of rotatable bonds is 10. The molecular formula is C33H33NO. The van der Waals surface area contributed by atoms with Crippen molar-refractivity contribution < 1.29 is 4.79 Å². The number of hydrogen-bond donors (Lipinski definition) is 1. The molecule has 0 saturated carbocycles. The second kappa shape index (κ2) is 11.5. The van der Waals surface area contributed by atoms with E-state index in [1.54, 1.807) is 6.20 Å². The van der Waals surface area contributed by atoms with Crippen molar-refractivity contribution in [3.63, 3.8) is 0 Å². The molecule has 0 aliphatic carbocycles. The molecule has 2 atom stereocenters. The number of ketones is 1.